The van der Waals surface area contributed by atoms with Crippen LogP contribution in [0.3, 0.4) is 0 Å². The summed E-state index contributed by atoms with van der Waals surface area (Å²) in [5.74, 6) is -0.296. The van der Waals surface area contributed by atoms with Crippen LogP contribution in [-0.2, 0) is 19.1 Å². The van der Waals surface area contributed by atoms with Gasteiger partial charge in [0.05, 0.1) is 12.2 Å². The third kappa shape index (κ3) is 3.78. The summed E-state index contributed by atoms with van der Waals surface area (Å²) in [6, 6.07) is 0. The molecule has 1 unspecified atom stereocenters. The van der Waals surface area contributed by atoms with Gasteiger partial charge in [-0.15, -0.1) is 0 Å². The van der Waals surface area contributed by atoms with Gasteiger partial charge in [0.25, 0.3) is 0 Å². The van der Waals surface area contributed by atoms with E-state index >= 15 is 0 Å². The Labute approximate surface area is 115 Å². The summed E-state index contributed by atoms with van der Waals surface area (Å²) in [7, 11) is 1.65. The number of Topliss-reactive ketones (excluding diaryl/α,β-unsaturated/α-hetero) is 1. The molecule has 0 spiro atoms. The Balaban J connectivity index is 2.86. The fourth-order valence-electron chi connectivity index (χ4n) is 2.56. The predicted octanol–water partition coefficient (Wildman–Crippen LogP) is 2.88. The summed E-state index contributed by atoms with van der Waals surface area (Å²) >= 11 is 0. The van der Waals surface area contributed by atoms with Crippen LogP contribution in [0.1, 0.15) is 59.3 Å². The summed E-state index contributed by atoms with van der Waals surface area (Å²) in [6.45, 7) is 6.04. The second kappa shape index (κ2) is 6.51. The molecule has 0 aromatic carbocycles. The van der Waals surface area contributed by atoms with E-state index < -0.39 is 5.41 Å². The predicted molar refractivity (Wildman–Crippen MR) is 72.9 cm³/mol. The van der Waals surface area contributed by atoms with Crippen molar-refractivity contribution in [1.82, 2.24) is 0 Å². The summed E-state index contributed by atoms with van der Waals surface area (Å²) in [5, 5.41) is 0. The number of rotatable bonds is 6. The van der Waals surface area contributed by atoms with Crippen LogP contribution >= 0.6 is 0 Å². The number of hydrogen-bond donors (Lipinski definition) is 0. The molecule has 4 nitrogen and oxygen atoms in total. The fourth-order valence-corrected chi connectivity index (χ4v) is 2.56. The van der Waals surface area contributed by atoms with E-state index in [1.54, 1.807) is 14.0 Å². The van der Waals surface area contributed by atoms with Crippen molar-refractivity contribution in [2.24, 2.45) is 5.41 Å². The molecule has 0 aromatic heterocycles. The summed E-state index contributed by atoms with van der Waals surface area (Å²) in [6.07, 6.45) is 4.10. The van der Waals surface area contributed by atoms with Crippen LogP contribution < -0.4 is 0 Å². The van der Waals surface area contributed by atoms with Gasteiger partial charge in [-0.05, 0) is 46.5 Å². The van der Waals surface area contributed by atoms with E-state index in [1.807, 2.05) is 13.8 Å². The summed E-state index contributed by atoms with van der Waals surface area (Å²) < 4.78 is 10.5. The molecule has 0 aromatic rings. The standard InChI is InChI=1S/C15H26O4/c1-5-19-13(17)15(9-7-6-8-12(15)16)11-10-14(2,3)18-4/h5-11H2,1-4H3. The van der Waals surface area contributed by atoms with Crippen molar-refractivity contribution in [2.75, 3.05) is 13.7 Å². The van der Waals surface area contributed by atoms with E-state index in [1.165, 1.54) is 0 Å². The van der Waals surface area contributed by atoms with Gasteiger partial charge in [0, 0.05) is 13.5 Å². The number of methoxy groups -OCH3 is 1. The molecule has 0 bridgehead atoms. The molecule has 1 rings (SSSR count). The molecule has 1 aliphatic carbocycles. The highest BCUT2D eigenvalue weighted by atomic mass is 16.5. The van der Waals surface area contributed by atoms with Crippen molar-refractivity contribution in [3.63, 3.8) is 0 Å². The van der Waals surface area contributed by atoms with Crippen molar-refractivity contribution in [2.45, 2.75) is 64.9 Å². The zero-order chi connectivity index (χ0) is 14.5. The molecule has 0 radical (unpaired) electrons. The number of carbonyl (C=O) groups excluding carboxylic acids is 2. The molecule has 110 valence electrons. The second-order valence-electron chi connectivity index (χ2n) is 5.90. The molecule has 1 fully saturated rings. The van der Waals surface area contributed by atoms with Crippen LogP contribution in [-0.4, -0.2) is 31.1 Å². The highest BCUT2D eigenvalue weighted by molar-refractivity contribution is 6.04. The van der Waals surface area contributed by atoms with E-state index in [9.17, 15) is 9.59 Å². The van der Waals surface area contributed by atoms with E-state index in [-0.39, 0.29) is 17.4 Å². The van der Waals surface area contributed by atoms with Crippen LogP contribution in [0.2, 0.25) is 0 Å². The van der Waals surface area contributed by atoms with Gasteiger partial charge in [0.2, 0.25) is 0 Å². The van der Waals surface area contributed by atoms with Crippen LogP contribution in [0.5, 0.6) is 0 Å². The lowest BCUT2D eigenvalue weighted by atomic mass is 9.69. The van der Waals surface area contributed by atoms with Gasteiger partial charge in [0.15, 0.2) is 0 Å². The largest absolute Gasteiger partial charge is 0.465 e. The average molecular weight is 270 g/mol. The SMILES string of the molecule is CCOC(=O)C1(CCC(C)(C)OC)CCCCC1=O. The van der Waals surface area contributed by atoms with Gasteiger partial charge in [-0.25, -0.2) is 0 Å². The number of ether oxygens (including phenoxy) is 2. The molecule has 0 saturated heterocycles. The number of ketones is 1. The summed E-state index contributed by atoms with van der Waals surface area (Å²) in [4.78, 5) is 24.5. The van der Waals surface area contributed by atoms with Crippen molar-refractivity contribution < 1.29 is 19.1 Å². The van der Waals surface area contributed by atoms with E-state index in [0.29, 0.717) is 32.3 Å². The minimum absolute atomic E-state index is 0.0455. The van der Waals surface area contributed by atoms with Crippen LogP contribution in [0, 0.1) is 5.41 Å². The number of carbonyl (C=O) groups is 2. The zero-order valence-electron chi connectivity index (χ0n) is 12.6. The minimum Gasteiger partial charge on any atom is -0.465 e. The quantitative estimate of drug-likeness (QED) is 0.550. The average Bonchev–Trinajstić information content (AvgIpc) is 2.38. The topological polar surface area (TPSA) is 52.6 Å². The number of hydrogen-bond acceptors (Lipinski definition) is 4. The van der Waals surface area contributed by atoms with Gasteiger partial charge in [0.1, 0.15) is 11.2 Å². The Hall–Kier alpha value is -0.900. The third-order valence-electron chi connectivity index (χ3n) is 4.16. The van der Waals surface area contributed by atoms with Gasteiger partial charge >= 0.3 is 5.97 Å². The first kappa shape index (κ1) is 16.2. The van der Waals surface area contributed by atoms with Gasteiger partial charge in [-0.3, -0.25) is 9.59 Å². The molecule has 0 amide bonds. The second-order valence-corrected chi connectivity index (χ2v) is 5.90. The van der Waals surface area contributed by atoms with Crippen LogP contribution in [0.4, 0.5) is 0 Å². The first-order valence-electron chi connectivity index (χ1n) is 7.13. The lowest BCUT2D eigenvalue weighted by Crippen LogP contribution is -2.44. The van der Waals surface area contributed by atoms with Crippen molar-refractivity contribution in [3.8, 4) is 0 Å². The van der Waals surface area contributed by atoms with Crippen molar-refractivity contribution in [3.05, 3.63) is 0 Å². The fraction of sp³-hybridized carbons (Fsp3) is 0.867. The van der Waals surface area contributed by atoms with E-state index in [2.05, 4.69) is 0 Å². The highest BCUT2D eigenvalue weighted by Gasteiger charge is 2.48. The molecule has 0 heterocycles. The Morgan fingerprint density at radius 2 is 2.05 bits per heavy atom. The Kier molecular flexibility index (Phi) is 5.53. The molecular formula is C15H26O4. The molecule has 19 heavy (non-hydrogen) atoms. The monoisotopic (exact) mass is 270 g/mol. The normalized spacial score (nSPS) is 24.3. The molecule has 0 N–H and O–H groups in total. The van der Waals surface area contributed by atoms with Gasteiger partial charge in [-0.1, -0.05) is 6.42 Å². The summed E-state index contributed by atoms with van der Waals surface area (Å²) in [5.41, 5.74) is -1.25. The lowest BCUT2D eigenvalue weighted by Gasteiger charge is -2.35. The van der Waals surface area contributed by atoms with Gasteiger partial charge < -0.3 is 9.47 Å². The Bertz CT molecular complexity index is 335. The maximum absolute atomic E-state index is 12.3. The molecule has 1 atom stereocenters. The van der Waals surface area contributed by atoms with Crippen LogP contribution in [0.25, 0.3) is 0 Å². The van der Waals surface area contributed by atoms with E-state index in [4.69, 9.17) is 9.47 Å². The van der Waals surface area contributed by atoms with E-state index in [0.717, 1.165) is 12.8 Å². The molecule has 4 heteroatoms. The third-order valence-corrected chi connectivity index (χ3v) is 4.16. The Morgan fingerprint density at radius 1 is 1.37 bits per heavy atom. The first-order chi connectivity index (χ1) is 8.88. The zero-order valence-corrected chi connectivity index (χ0v) is 12.6. The van der Waals surface area contributed by atoms with Crippen molar-refractivity contribution >= 4 is 11.8 Å². The van der Waals surface area contributed by atoms with Crippen molar-refractivity contribution in [1.29, 1.82) is 0 Å². The van der Waals surface area contributed by atoms with Crippen LogP contribution in [0.15, 0.2) is 0 Å². The highest BCUT2D eigenvalue weighted by Crippen LogP contribution is 2.40. The molecule has 0 aliphatic heterocycles. The maximum atomic E-state index is 12.3. The smallest absolute Gasteiger partial charge is 0.319 e. The molecule has 1 saturated carbocycles. The molecule has 1 aliphatic rings. The Morgan fingerprint density at radius 3 is 2.58 bits per heavy atom. The first-order valence-corrected chi connectivity index (χ1v) is 7.13. The maximum Gasteiger partial charge on any atom is 0.319 e. The molecular weight excluding hydrogens is 244 g/mol. The van der Waals surface area contributed by atoms with Gasteiger partial charge in [-0.2, -0.15) is 0 Å². The lowest BCUT2D eigenvalue weighted by molar-refractivity contribution is -0.163. The minimum atomic E-state index is -0.927. The number of esters is 1.